The Morgan fingerprint density at radius 1 is 1.22 bits per heavy atom. The third-order valence-electron chi connectivity index (χ3n) is 4.57. The molecule has 0 unspecified atom stereocenters. The van der Waals surface area contributed by atoms with Crippen LogP contribution in [-0.4, -0.2) is 15.1 Å². The fraction of sp³-hybridized carbons (Fsp3) is 0.800. The van der Waals surface area contributed by atoms with E-state index < -0.39 is 0 Å². The topological polar surface area (TPSA) is 17.8 Å². The summed E-state index contributed by atoms with van der Waals surface area (Å²) in [5.41, 5.74) is 4.47. The van der Waals surface area contributed by atoms with Gasteiger partial charge in [-0.2, -0.15) is 5.10 Å². The van der Waals surface area contributed by atoms with Gasteiger partial charge < -0.3 is 0 Å². The zero-order chi connectivity index (χ0) is 13.2. The molecule has 2 rings (SSSR count). The molecule has 2 nitrogen and oxygen atoms in total. The van der Waals surface area contributed by atoms with Crippen molar-refractivity contribution in [3.05, 3.63) is 17.0 Å². The molecule has 0 amide bonds. The lowest BCUT2D eigenvalue weighted by Crippen LogP contribution is -2.32. The molecule has 0 aromatic carbocycles. The molecular formula is C15H25BrN2. The van der Waals surface area contributed by atoms with Gasteiger partial charge in [0.2, 0.25) is 0 Å². The second kappa shape index (κ2) is 5.77. The van der Waals surface area contributed by atoms with Crippen LogP contribution >= 0.6 is 15.9 Å². The predicted octanol–water partition coefficient (Wildman–Crippen LogP) is 4.41. The van der Waals surface area contributed by atoms with Gasteiger partial charge in [0.05, 0.1) is 5.69 Å². The zero-order valence-corrected chi connectivity index (χ0v) is 13.5. The smallest absolute Gasteiger partial charge is 0.0628 e. The van der Waals surface area contributed by atoms with Gasteiger partial charge in [-0.15, -0.1) is 0 Å². The van der Waals surface area contributed by atoms with Gasteiger partial charge in [0, 0.05) is 17.6 Å². The summed E-state index contributed by atoms with van der Waals surface area (Å²) in [6.45, 7) is 7.68. The lowest BCUT2D eigenvalue weighted by atomic mass is 9.75. The van der Waals surface area contributed by atoms with Crippen molar-refractivity contribution in [3.8, 4) is 0 Å². The van der Waals surface area contributed by atoms with Gasteiger partial charge in [-0.05, 0) is 44.1 Å². The third kappa shape index (κ3) is 2.66. The quantitative estimate of drug-likeness (QED) is 0.753. The molecule has 1 heterocycles. The van der Waals surface area contributed by atoms with E-state index in [0.717, 1.165) is 18.3 Å². The predicted molar refractivity (Wildman–Crippen MR) is 80.4 cm³/mol. The van der Waals surface area contributed by atoms with E-state index in [0.29, 0.717) is 5.41 Å². The molecule has 0 N–H and O–H groups in total. The highest BCUT2D eigenvalue weighted by Gasteiger charge is 2.32. The van der Waals surface area contributed by atoms with Crippen molar-refractivity contribution in [3.63, 3.8) is 0 Å². The summed E-state index contributed by atoms with van der Waals surface area (Å²) in [7, 11) is 0. The van der Waals surface area contributed by atoms with Crippen LogP contribution in [-0.2, 0) is 13.0 Å². The minimum absolute atomic E-state index is 0.437. The highest BCUT2D eigenvalue weighted by Crippen LogP contribution is 2.39. The number of alkyl halides is 1. The number of halogens is 1. The standard InChI is InChI=1S/C15H25BrN2/c1-4-14-12(2)17-18(13(14)3)11-15(10-16)8-6-5-7-9-15/h4-11H2,1-3H3. The first-order valence-electron chi connectivity index (χ1n) is 7.21. The number of hydrogen-bond acceptors (Lipinski definition) is 1. The summed E-state index contributed by atoms with van der Waals surface area (Å²) >= 11 is 3.75. The first-order valence-corrected chi connectivity index (χ1v) is 8.33. The molecule has 0 radical (unpaired) electrons. The summed E-state index contributed by atoms with van der Waals surface area (Å²) in [6, 6.07) is 0. The molecule has 0 atom stereocenters. The highest BCUT2D eigenvalue weighted by atomic mass is 79.9. The van der Waals surface area contributed by atoms with Crippen LogP contribution in [0.25, 0.3) is 0 Å². The van der Waals surface area contributed by atoms with Crippen LogP contribution in [0.1, 0.15) is 56.0 Å². The molecule has 1 aliphatic carbocycles. The Morgan fingerprint density at radius 2 is 1.89 bits per heavy atom. The second-order valence-corrected chi connectivity index (χ2v) is 6.42. The highest BCUT2D eigenvalue weighted by molar-refractivity contribution is 9.09. The van der Waals surface area contributed by atoms with Crippen molar-refractivity contribution >= 4 is 15.9 Å². The number of rotatable bonds is 4. The maximum absolute atomic E-state index is 4.76. The number of aromatic nitrogens is 2. The molecule has 1 saturated carbocycles. The maximum atomic E-state index is 4.76. The third-order valence-corrected chi connectivity index (χ3v) is 5.76. The van der Waals surface area contributed by atoms with Gasteiger partial charge in [-0.3, -0.25) is 4.68 Å². The van der Waals surface area contributed by atoms with Crippen molar-refractivity contribution < 1.29 is 0 Å². The average molecular weight is 313 g/mol. The van der Waals surface area contributed by atoms with E-state index >= 15 is 0 Å². The number of hydrogen-bond donors (Lipinski definition) is 0. The first kappa shape index (κ1) is 14.1. The van der Waals surface area contributed by atoms with E-state index in [9.17, 15) is 0 Å². The van der Waals surface area contributed by atoms with E-state index in [-0.39, 0.29) is 0 Å². The van der Waals surface area contributed by atoms with E-state index in [1.54, 1.807) is 0 Å². The maximum Gasteiger partial charge on any atom is 0.0628 e. The van der Waals surface area contributed by atoms with E-state index in [1.165, 1.54) is 49.1 Å². The molecule has 0 saturated heterocycles. The molecule has 0 aliphatic heterocycles. The summed E-state index contributed by atoms with van der Waals surface area (Å²) < 4.78 is 2.26. The molecule has 1 aromatic heterocycles. The van der Waals surface area contributed by atoms with Crippen molar-refractivity contribution in [1.29, 1.82) is 0 Å². The fourth-order valence-electron chi connectivity index (χ4n) is 3.35. The van der Waals surface area contributed by atoms with Gasteiger partial charge in [0.25, 0.3) is 0 Å². The van der Waals surface area contributed by atoms with Gasteiger partial charge in [-0.1, -0.05) is 42.1 Å². The Morgan fingerprint density at radius 3 is 2.39 bits per heavy atom. The molecule has 102 valence electrons. The van der Waals surface area contributed by atoms with Crippen LogP contribution in [0.5, 0.6) is 0 Å². The van der Waals surface area contributed by atoms with E-state index in [1.807, 2.05) is 0 Å². The zero-order valence-electron chi connectivity index (χ0n) is 11.9. The SMILES string of the molecule is CCc1c(C)nn(CC2(CBr)CCCCC2)c1C. The van der Waals surface area contributed by atoms with Crippen molar-refractivity contribution in [2.45, 2.75) is 65.8 Å². The Labute approximate surface area is 119 Å². The Bertz CT molecular complexity index is 403. The Hall–Kier alpha value is -0.310. The molecule has 3 heteroatoms. The van der Waals surface area contributed by atoms with Crippen molar-refractivity contribution in [1.82, 2.24) is 9.78 Å². The Balaban J connectivity index is 2.21. The number of nitrogens with zero attached hydrogens (tertiary/aromatic N) is 2. The van der Waals surface area contributed by atoms with Crippen LogP contribution in [0.3, 0.4) is 0 Å². The van der Waals surface area contributed by atoms with Crippen LogP contribution in [0.2, 0.25) is 0 Å². The van der Waals surface area contributed by atoms with Crippen LogP contribution < -0.4 is 0 Å². The first-order chi connectivity index (χ1) is 8.62. The van der Waals surface area contributed by atoms with E-state index in [2.05, 4.69) is 41.4 Å². The van der Waals surface area contributed by atoms with Crippen LogP contribution in [0.4, 0.5) is 0 Å². The van der Waals surface area contributed by atoms with Gasteiger partial charge in [0.15, 0.2) is 0 Å². The monoisotopic (exact) mass is 312 g/mol. The summed E-state index contributed by atoms with van der Waals surface area (Å²) in [5, 5.41) is 5.87. The average Bonchev–Trinajstić information content (AvgIpc) is 2.65. The van der Waals surface area contributed by atoms with Gasteiger partial charge in [-0.25, -0.2) is 0 Å². The van der Waals surface area contributed by atoms with Crippen LogP contribution in [0.15, 0.2) is 0 Å². The summed E-state index contributed by atoms with van der Waals surface area (Å²) in [4.78, 5) is 0. The summed E-state index contributed by atoms with van der Waals surface area (Å²) in [6.07, 6.45) is 7.96. The molecular weight excluding hydrogens is 288 g/mol. The normalized spacial score (nSPS) is 19.1. The number of aryl methyl sites for hydroxylation is 1. The van der Waals surface area contributed by atoms with Crippen LogP contribution in [0, 0.1) is 19.3 Å². The molecule has 1 aromatic rings. The molecule has 1 fully saturated rings. The molecule has 1 aliphatic rings. The largest absolute Gasteiger partial charge is 0.269 e. The molecule has 0 spiro atoms. The second-order valence-electron chi connectivity index (χ2n) is 5.85. The lowest BCUT2D eigenvalue weighted by Gasteiger charge is -2.36. The lowest BCUT2D eigenvalue weighted by molar-refractivity contribution is 0.182. The van der Waals surface area contributed by atoms with Crippen molar-refractivity contribution in [2.75, 3.05) is 5.33 Å². The Kier molecular flexibility index (Phi) is 4.52. The minimum atomic E-state index is 0.437. The van der Waals surface area contributed by atoms with Gasteiger partial charge in [0.1, 0.15) is 0 Å². The van der Waals surface area contributed by atoms with E-state index in [4.69, 9.17) is 5.10 Å². The van der Waals surface area contributed by atoms with Gasteiger partial charge >= 0.3 is 0 Å². The van der Waals surface area contributed by atoms with Crippen molar-refractivity contribution in [2.24, 2.45) is 5.41 Å². The minimum Gasteiger partial charge on any atom is -0.269 e. The fourth-order valence-corrected chi connectivity index (χ4v) is 4.09. The summed E-state index contributed by atoms with van der Waals surface area (Å²) in [5.74, 6) is 0. The molecule has 18 heavy (non-hydrogen) atoms. The molecule has 0 bridgehead atoms.